The lowest BCUT2D eigenvalue weighted by atomic mass is 9.95. The molecule has 3 rings (SSSR count). The molecule has 1 atom stereocenters. The lowest BCUT2D eigenvalue weighted by molar-refractivity contribution is 0.383. The highest BCUT2D eigenvalue weighted by molar-refractivity contribution is 5.85. The van der Waals surface area contributed by atoms with Crippen molar-refractivity contribution in [3.05, 3.63) is 60.2 Å². The van der Waals surface area contributed by atoms with Gasteiger partial charge in [0.05, 0.1) is 0 Å². The van der Waals surface area contributed by atoms with Gasteiger partial charge in [-0.2, -0.15) is 0 Å². The first kappa shape index (κ1) is 12.2. The summed E-state index contributed by atoms with van der Waals surface area (Å²) in [5.74, 6) is 0. The molecule has 17 heavy (non-hydrogen) atoms. The summed E-state index contributed by atoms with van der Waals surface area (Å²) in [6.07, 6.45) is 1.27. The molecule has 0 radical (unpaired) electrons. The smallest absolute Gasteiger partial charge is 0.0332 e. The van der Waals surface area contributed by atoms with E-state index in [1.54, 1.807) is 0 Å². The second-order valence-corrected chi connectivity index (χ2v) is 4.28. The van der Waals surface area contributed by atoms with Crippen LogP contribution in [0.4, 0.5) is 0 Å². The van der Waals surface area contributed by atoms with Gasteiger partial charge in [-0.25, -0.2) is 0 Å². The summed E-state index contributed by atoms with van der Waals surface area (Å²) in [4.78, 5) is 0. The molecule has 0 spiro atoms. The third-order valence-corrected chi connectivity index (χ3v) is 3.24. The van der Waals surface area contributed by atoms with E-state index in [-0.39, 0.29) is 12.4 Å². The van der Waals surface area contributed by atoms with Crippen molar-refractivity contribution in [2.45, 2.75) is 12.5 Å². The first-order chi connectivity index (χ1) is 7.93. The van der Waals surface area contributed by atoms with Crippen LogP contribution in [0.3, 0.4) is 0 Å². The van der Waals surface area contributed by atoms with E-state index in [4.69, 9.17) is 0 Å². The van der Waals surface area contributed by atoms with Crippen LogP contribution in [0.2, 0.25) is 0 Å². The van der Waals surface area contributed by atoms with Gasteiger partial charge in [0.15, 0.2) is 0 Å². The Labute approximate surface area is 108 Å². The van der Waals surface area contributed by atoms with Gasteiger partial charge in [0, 0.05) is 6.04 Å². The van der Waals surface area contributed by atoms with E-state index >= 15 is 0 Å². The number of nitrogens with one attached hydrogen (secondary N) is 1. The van der Waals surface area contributed by atoms with Gasteiger partial charge < -0.3 is 5.32 Å². The molecular formula is C15H16ClN. The molecule has 2 aromatic rings. The molecule has 0 aliphatic carbocycles. The number of halogens is 1. The van der Waals surface area contributed by atoms with Crippen LogP contribution in [-0.4, -0.2) is 6.54 Å². The molecule has 0 unspecified atom stereocenters. The Bertz CT molecular complexity index is 460. The monoisotopic (exact) mass is 245 g/mol. The standard InChI is InChI=1S/C15H15N.ClH/c1-2-4-12(5-3-1)13-6-8-14(9-7-13)15-10-11-16-15;/h1-9,15-16H,10-11H2;1H/t15-;/m0./s1. The quantitative estimate of drug-likeness (QED) is 0.849. The maximum absolute atomic E-state index is 3.42. The van der Waals surface area contributed by atoms with Crippen LogP contribution in [0.5, 0.6) is 0 Å². The van der Waals surface area contributed by atoms with Crippen LogP contribution in [0, 0.1) is 0 Å². The maximum Gasteiger partial charge on any atom is 0.0332 e. The fourth-order valence-electron chi connectivity index (χ4n) is 2.11. The fourth-order valence-corrected chi connectivity index (χ4v) is 2.11. The molecule has 1 fully saturated rings. The van der Waals surface area contributed by atoms with E-state index in [1.165, 1.54) is 23.1 Å². The van der Waals surface area contributed by atoms with Crippen molar-refractivity contribution in [2.75, 3.05) is 6.54 Å². The predicted octanol–water partition coefficient (Wildman–Crippen LogP) is 3.81. The molecule has 88 valence electrons. The second kappa shape index (κ2) is 5.35. The van der Waals surface area contributed by atoms with Gasteiger partial charge in [0.2, 0.25) is 0 Å². The highest BCUT2D eigenvalue weighted by atomic mass is 35.5. The summed E-state index contributed by atoms with van der Waals surface area (Å²) in [5.41, 5.74) is 3.99. The molecule has 0 amide bonds. The van der Waals surface area contributed by atoms with Gasteiger partial charge >= 0.3 is 0 Å². The topological polar surface area (TPSA) is 12.0 Å². The van der Waals surface area contributed by atoms with Crippen molar-refractivity contribution < 1.29 is 0 Å². The van der Waals surface area contributed by atoms with Crippen molar-refractivity contribution in [1.82, 2.24) is 5.32 Å². The third-order valence-electron chi connectivity index (χ3n) is 3.24. The van der Waals surface area contributed by atoms with E-state index < -0.39 is 0 Å². The molecule has 2 aromatic carbocycles. The zero-order valence-corrected chi connectivity index (χ0v) is 10.4. The van der Waals surface area contributed by atoms with Crippen molar-refractivity contribution in [1.29, 1.82) is 0 Å². The Morgan fingerprint density at radius 2 is 1.41 bits per heavy atom. The molecule has 1 aliphatic heterocycles. The molecule has 1 saturated heterocycles. The Balaban J connectivity index is 0.00000108. The van der Waals surface area contributed by atoms with Crippen LogP contribution >= 0.6 is 12.4 Å². The molecule has 1 aliphatic rings. The average Bonchev–Trinajstić information content (AvgIpc) is 2.29. The van der Waals surface area contributed by atoms with Gasteiger partial charge in [0.1, 0.15) is 0 Å². The highest BCUT2D eigenvalue weighted by Gasteiger charge is 2.17. The number of benzene rings is 2. The van der Waals surface area contributed by atoms with Crippen LogP contribution in [0.1, 0.15) is 18.0 Å². The minimum Gasteiger partial charge on any atom is -0.310 e. The summed E-state index contributed by atoms with van der Waals surface area (Å²) >= 11 is 0. The van der Waals surface area contributed by atoms with E-state index in [2.05, 4.69) is 59.9 Å². The molecule has 2 heteroatoms. The van der Waals surface area contributed by atoms with Gasteiger partial charge in [-0.15, -0.1) is 12.4 Å². The number of hydrogen-bond acceptors (Lipinski definition) is 1. The molecule has 0 bridgehead atoms. The summed E-state index contributed by atoms with van der Waals surface area (Å²) in [5, 5.41) is 3.42. The molecule has 1 heterocycles. The summed E-state index contributed by atoms with van der Waals surface area (Å²) in [6.45, 7) is 1.16. The zero-order chi connectivity index (χ0) is 10.8. The first-order valence-corrected chi connectivity index (χ1v) is 5.82. The third kappa shape index (κ3) is 2.51. The Kier molecular flexibility index (Phi) is 3.82. The van der Waals surface area contributed by atoms with Crippen LogP contribution in [0.25, 0.3) is 11.1 Å². The molecule has 0 aromatic heterocycles. The zero-order valence-electron chi connectivity index (χ0n) is 9.60. The Morgan fingerprint density at radius 1 is 0.824 bits per heavy atom. The Morgan fingerprint density at radius 3 is 1.94 bits per heavy atom. The minimum atomic E-state index is 0. The molecule has 1 nitrogen and oxygen atoms in total. The SMILES string of the molecule is Cl.c1ccc(-c2ccc([C@@H]3CCN3)cc2)cc1. The van der Waals surface area contributed by atoms with Crippen molar-refractivity contribution in [3.63, 3.8) is 0 Å². The lowest BCUT2D eigenvalue weighted by Gasteiger charge is -2.28. The number of rotatable bonds is 2. The largest absolute Gasteiger partial charge is 0.310 e. The molecular weight excluding hydrogens is 230 g/mol. The Hall–Kier alpha value is -1.31. The maximum atomic E-state index is 3.42. The average molecular weight is 246 g/mol. The van der Waals surface area contributed by atoms with Gasteiger partial charge in [-0.05, 0) is 29.7 Å². The van der Waals surface area contributed by atoms with Gasteiger partial charge in [0.25, 0.3) is 0 Å². The number of hydrogen-bond donors (Lipinski definition) is 1. The van der Waals surface area contributed by atoms with Crippen molar-refractivity contribution in [2.24, 2.45) is 0 Å². The van der Waals surface area contributed by atoms with Crippen LogP contribution < -0.4 is 5.32 Å². The fraction of sp³-hybridized carbons (Fsp3) is 0.200. The van der Waals surface area contributed by atoms with Crippen LogP contribution in [-0.2, 0) is 0 Å². The highest BCUT2D eigenvalue weighted by Crippen LogP contribution is 2.25. The van der Waals surface area contributed by atoms with E-state index in [0.717, 1.165) is 6.54 Å². The molecule has 0 saturated carbocycles. The van der Waals surface area contributed by atoms with Gasteiger partial charge in [-0.1, -0.05) is 54.6 Å². The van der Waals surface area contributed by atoms with Crippen molar-refractivity contribution >= 4 is 12.4 Å². The summed E-state index contributed by atoms with van der Waals surface area (Å²) in [7, 11) is 0. The predicted molar refractivity (Wildman–Crippen MR) is 74.5 cm³/mol. The normalized spacial score (nSPS) is 18.0. The van der Waals surface area contributed by atoms with Crippen molar-refractivity contribution in [3.8, 4) is 11.1 Å². The van der Waals surface area contributed by atoms with E-state index in [9.17, 15) is 0 Å². The lowest BCUT2D eigenvalue weighted by Crippen LogP contribution is -2.34. The van der Waals surface area contributed by atoms with E-state index in [0.29, 0.717) is 6.04 Å². The summed E-state index contributed by atoms with van der Waals surface area (Å²) in [6, 6.07) is 20.0. The minimum absolute atomic E-state index is 0. The first-order valence-electron chi connectivity index (χ1n) is 5.82. The van der Waals surface area contributed by atoms with E-state index in [1.807, 2.05) is 0 Å². The molecule has 1 N–H and O–H groups in total. The summed E-state index contributed by atoms with van der Waals surface area (Å²) < 4.78 is 0. The second-order valence-electron chi connectivity index (χ2n) is 4.28. The van der Waals surface area contributed by atoms with Crippen LogP contribution in [0.15, 0.2) is 54.6 Å². The van der Waals surface area contributed by atoms with Gasteiger partial charge in [-0.3, -0.25) is 0 Å².